The summed E-state index contributed by atoms with van der Waals surface area (Å²) in [5.41, 5.74) is 17.1. The number of benzene rings is 7. The van der Waals surface area contributed by atoms with Gasteiger partial charge in [-0.05, 0) is 117 Å². The maximum atomic E-state index is 2.60. The van der Waals surface area contributed by atoms with Crippen LogP contribution in [0.4, 0.5) is 17.1 Å². The van der Waals surface area contributed by atoms with Gasteiger partial charge in [0.2, 0.25) is 0 Å². The van der Waals surface area contributed by atoms with E-state index in [-0.39, 0.29) is 5.41 Å². The molecule has 0 fully saturated rings. The van der Waals surface area contributed by atoms with Crippen molar-refractivity contribution in [2.24, 2.45) is 0 Å². The molecule has 0 bridgehead atoms. The zero-order chi connectivity index (χ0) is 41.0. The molecule has 60 heavy (non-hydrogen) atoms. The third kappa shape index (κ3) is 9.22. The number of anilines is 3. The molecule has 0 spiro atoms. The van der Waals surface area contributed by atoms with Crippen molar-refractivity contribution in [2.45, 2.75) is 109 Å². The molecular formula is C59H63N. The van der Waals surface area contributed by atoms with Crippen molar-refractivity contribution in [3.8, 4) is 44.5 Å². The molecule has 0 atom stereocenters. The molecule has 0 radical (unpaired) electrons. The van der Waals surface area contributed by atoms with E-state index >= 15 is 0 Å². The van der Waals surface area contributed by atoms with E-state index in [0.29, 0.717) is 0 Å². The maximum absolute atomic E-state index is 2.60. The number of hydrogen-bond donors (Lipinski definition) is 0. The van der Waals surface area contributed by atoms with Crippen molar-refractivity contribution in [3.63, 3.8) is 0 Å². The lowest BCUT2D eigenvalue weighted by molar-refractivity contribution is 0.398. The molecule has 0 unspecified atom stereocenters. The number of nitrogens with zero attached hydrogens (tertiary/aromatic N) is 1. The van der Waals surface area contributed by atoms with Crippen LogP contribution in [0.5, 0.6) is 0 Å². The van der Waals surface area contributed by atoms with Gasteiger partial charge in [0, 0.05) is 22.5 Å². The Morgan fingerprint density at radius 3 is 1.10 bits per heavy atom. The lowest BCUT2D eigenvalue weighted by Crippen LogP contribution is -2.25. The standard InChI is InChI=1S/C59H63N/c1-3-5-7-9-11-22-42-59(43-23-12-10-8-6-4-2)57-44-50(47-26-18-14-19-27-47)34-40-55(57)56-41-35-51(45-58(56)59)49-32-38-54(39-33-49)60(52-28-20-15-21-29-52)53-36-30-48(31-37-53)46-24-16-13-17-25-46/h13-21,24-41,44-45H,3-12,22-23,42-43H2,1-2H3. The average molecular weight is 786 g/mol. The summed E-state index contributed by atoms with van der Waals surface area (Å²) in [5.74, 6) is 0. The quantitative estimate of drug-likeness (QED) is 0.0696. The van der Waals surface area contributed by atoms with E-state index in [0.717, 1.165) is 17.1 Å². The van der Waals surface area contributed by atoms with Gasteiger partial charge < -0.3 is 4.90 Å². The zero-order valence-corrected chi connectivity index (χ0v) is 36.1. The second-order valence-electron chi connectivity index (χ2n) is 17.1. The lowest BCUT2D eigenvalue weighted by Gasteiger charge is -2.33. The topological polar surface area (TPSA) is 3.24 Å². The molecule has 0 aliphatic heterocycles. The van der Waals surface area contributed by atoms with Crippen LogP contribution in [0.2, 0.25) is 0 Å². The Balaban J connectivity index is 1.15. The molecule has 1 nitrogen and oxygen atoms in total. The first kappa shape index (κ1) is 41.1. The number of rotatable bonds is 20. The Morgan fingerprint density at radius 2 is 0.650 bits per heavy atom. The van der Waals surface area contributed by atoms with Crippen LogP contribution in [0.1, 0.15) is 115 Å². The monoisotopic (exact) mass is 785 g/mol. The summed E-state index contributed by atoms with van der Waals surface area (Å²) in [6, 6.07) is 65.5. The lowest BCUT2D eigenvalue weighted by atomic mass is 9.70. The second kappa shape index (κ2) is 20.1. The van der Waals surface area contributed by atoms with Gasteiger partial charge in [0.25, 0.3) is 0 Å². The summed E-state index contributed by atoms with van der Waals surface area (Å²) in [4.78, 5) is 2.37. The van der Waals surface area contributed by atoms with Gasteiger partial charge in [-0.2, -0.15) is 0 Å². The Morgan fingerprint density at radius 1 is 0.317 bits per heavy atom. The zero-order valence-electron chi connectivity index (χ0n) is 36.1. The minimum atomic E-state index is 0.0109. The fraction of sp³-hybridized carbons (Fsp3) is 0.288. The van der Waals surface area contributed by atoms with Gasteiger partial charge in [-0.25, -0.2) is 0 Å². The molecule has 7 aromatic rings. The molecule has 1 aliphatic rings. The molecule has 304 valence electrons. The van der Waals surface area contributed by atoms with Crippen molar-refractivity contribution in [3.05, 3.63) is 187 Å². The smallest absolute Gasteiger partial charge is 0.0462 e. The van der Waals surface area contributed by atoms with E-state index in [1.54, 1.807) is 11.1 Å². The fourth-order valence-corrected chi connectivity index (χ4v) is 9.82. The highest BCUT2D eigenvalue weighted by Gasteiger charge is 2.42. The first-order valence-electron chi connectivity index (χ1n) is 23.1. The number of hydrogen-bond acceptors (Lipinski definition) is 1. The van der Waals surface area contributed by atoms with Crippen LogP contribution < -0.4 is 4.90 Å². The van der Waals surface area contributed by atoms with Crippen LogP contribution in [0.25, 0.3) is 44.5 Å². The third-order valence-electron chi connectivity index (χ3n) is 13.1. The molecule has 0 amide bonds. The van der Waals surface area contributed by atoms with Gasteiger partial charge in [-0.1, -0.05) is 218 Å². The van der Waals surface area contributed by atoms with Crippen LogP contribution >= 0.6 is 0 Å². The van der Waals surface area contributed by atoms with E-state index in [1.807, 2.05) is 0 Å². The molecule has 0 N–H and O–H groups in total. The number of unbranched alkanes of at least 4 members (excludes halogenated alkanes) is 10. The summed E-state index contributed by atoms with van der Waals surface area (Å²) in [6.07, 6.45) is 18.3. The first-order chi connectivity index (χ1) is 29.7. The van der Waals surface area contributed by atoms with E-state index < -0.39 is 0 Å². The Labute approximate surface area is 361 Å². The Bertz CT molecular complexity index is 2360. The number of para-hydroxylation sites is 1. The molecule has 0 saturated heterocycles. The van der Waals surface area contributed by atoms with E-state index in [2.05, 4.69) is 195 Å². The summed E-state index contributed by atoms with van der Waals surface area (Å²) >= 11 is 0. The van der Waals surface area contributed by atoms with E-state index in [9.17, 15) is 0 Å². The van der Waals surface area contributed by atoms with Crippen LogP contribution in [0, 0.1) is 0 Å². The Hall–Kier alpha value is -5.66. The van der Waals surface area contributed by atoms with Gasteiger partial charge in [0.15, 0.2) is 0 Å². The van der Waals surface area contributed by atoms with Gasteiger partial charge in [-0.15, -0.1) is 0 Å². The van der Waals surface area contributed by atoms with Gasteiger partial charge in [0.05, 0.1) is 0 Å². The summed E-state index contributed by atoms with van der Waals surface area (Å²) in [6.45, 7) is 4.64. The predicted octanol–water partition coefficient (Wildman–Crippen LogP) is 17.9. The van der Waals surface area contributed by atoms with Gasteiger partial charge >= 0.3 is 0 Å². The largest absolute Gasteiger partial charge is 0.311 e. The highest BCUT2D eigenvalue weighted by atomic mass is 15.1. The van der Waals surface area contributed by atoms with E-state index in [1.165, 1.54) is 134 Å². The SMILES string of the molecule is CCCCCCCCC1(CCCCCCCC)c2cc(-c3ccccc3)ccc2-c2ccc(-c3ccc(N(c4ccccc4)c4ccc(-c5ccccc5)cc4)cc3)cc21. The van der Waals surface area contributed by atoms with Crippen molar-refractivity contribution in [1.29, 1.82) is 0 Å². The Kier molecular flexibility index (Phi) is 13.7. The normalized spacial score (nSPS) is 12.6. The minimum Gasteiger partial charge on any atom is -0.311 e. The first-order valence-corrected chi connectivity index (χ1v) is 23.1. The molecule has 0 saturated carbocycles. The molecule has 1 aliphatic carbocycles. The van der Waals surface area contributed by atoms with Crippen molar-refractivity contribution < 1.29 is 0 Å². The molecule has 1 heteroatoms. The minimum absolute atomic E-state index is 0.0109. The summed E-state index contributed by atoms with van der Waals surface area (Å²) in [5, 5.41) is 0. The predicted molar refractivity (Wildman–Crippen MR) is 260 cm³/mol. The van der Waals surface area contributed by atoms with Gasteiger partial charge in [0.1, 0.15) is 0 Å². The molecule has 7 aromatic carbocycles. The molecular weight excluding hydrogens is 723 g/mol. The molecule has 8 rings (SSSR count). The third-order valence-corrected chi connectivity index (χ3v) is 13.1. The van der Waals surface area contributed by atoms with Crippen LogP contribution in [0.15, 0.2) is 176 Å². The van der Waals surface area contributed by atoms with Gasteiger partial charge in [-0.3, -0.25) is 0 Å². The van der Waals surface area contributed by atoms with Crippen LogP contribution in [-0.4, -0.2) is 0 Å². The van der Waals surface area contributed by atoms with Crippen molar-refractivity contribution in [1.82, 2.24) is 0 Å². The molecule has 0 aromatic heterocycles. The van der Waals surface area contributed by atoms with Crippen molar-refractivity contribution in [2.75, 3.05) is 4.90 Å². The fourth-order valence-electron chi connectivity index (χ4n) is 9.82. The number of fused-ring (bicyclic) bond motifs is 3. The van der Waals surface area contributed by atoms with Crippen molar-refractivity contribution >= 4 is 17.1 Å². The van der Waals surface area contributed by atoms with Crippen LogP contribution in [-0.2, 0) is 5.41 Å². The highest BCUT2D eigenvalue weighted by molar-refractivity contribution is 5.87. The summed E-state index contributed by atoms with van der Waals surface area (Å²) < 4.78 is 0. The maximum Gasteiger partial charge on any atom is 0.0462 e. The average Bonchev–Trinajstić information content (AvgIpc) is 3.58. The second-order valence-corrected chi connectivity index (χ2v) is 17.1. The molecule has 0 heterocycles. The van der Waals surface area contributed by atoms with Crippen LogP contribution in [0.3, 0.4) is 0 Å². The highest BCUT2D eigenvalue weighted by Crippen LogP contribution is 2.56. The summed E-state index contributed by atoms with van der Waals surface area (Å²) in [7, 11) is 0. The van der Waals surface area contributed by atoms with E-state index in [4.69, 9.17) is 0 Å².